The number of nitrogens with zero attached hydrogens (tertiary/aromatic N) is 1. The van der Waals surface area contributed by atoms with Gasteiger partial charge in [-0.2, -0.15) is 4.31 Å². The summed E-state index contributed by atoms with van der Waals surface area (Å²) in [7, 11) is 0.265. The fourth-order valence-electron chi connectivity index (χ4n) is 2.41. The van der Waals surface area contributed by atoms with Gasteiger partial charge in [0, 0.05) is 24.2 Å². The summed E-state index contributed by atoms with van der Waals surface area (Å²) in [6, 6.07) is 11.5. The van der Waals surface area contributed by atoms with Gasteiger partial charge < -0.3 is 14.8 Å². The van der Waals surface area contributed by atoms with Crippen LogP contribution in [0.3, 0.4) is 0 Å². The summed E-state index contributed by atoms with van der Waals surface area (Å²) in [5.41, 5.74) is 0.787. The summed E-state index contributed by atoms with van der Waals surface area (Å²) in [6.45, 7) is -0.135. The highest BCUT2D eigenvalue weighted by Gasteiger charge is 2.26. The fraction of sp³-hybridized carbons (Fsp3) is 0.278. The Labute approximate surface area is 163 Å². The summed E-state index contributed by atoms with van der Waals surface area (Å²) in [5.74, 6) is 0.344. The van der Waals surface area contributed by atoms with Gasteiger partial charge in [0.05, 0.1) is 20.8 Å². The second-order valence-corrected chi connectivity index (χ2v) is 8.09. The van der Waals surface area contributed by atoms with Gasteiger partial charge in [-0.05, 0) is 24.3 Å². The zero-order chi connectivity index (χ0) is 20.0. The number of ether oxygens (including phenoxy) is 2. The Morgan fingerprint density at radius 1 is 1.11 bits per heavy atom. The van der Waals surface area contributed by atoms with Crippen molar-refractivity contribution in [2.45, 2.75) is 11.4 Å². The van der Waals surface area contributed by atoms with Gasteiger partial charge in [-0.25, -0.2) is 8.42 Å². The van der Waals surface area contributed by atoms with E-state index in [9.17, 15) is 13.2 Å². The largest absolute Gasteiger partial charge is 0.496 e. The number of carbonyl (C=O) groups excluding carboxylic acids is 1. The SMILES string of the molecule is COc1ccccc1CNC(=O)CN(C)S(=O)(=O)c1cc(Cl)ccc1OC. The second-order valence-electron chi connectivity index (χ2n) is 5.64. The number of methoxy groups -OCH3 is 2. The maximum absolute atomic E-state index is 12.8. The van der Waals surface area contributed by atoms with Gasteiger partial charge in [0.2, 0.25) is 15.9 Å². The van der Waals surface area contributed by atoms with E-state index >= 15 is 0 Å². The van der Waals surface area contributed by atoms with Crippen molar-refractivity contribution in [3.05, 3.63) is 53.1 Å². The van der Waals surface area contributed by atoms with E-state index in [1.807, 2.05) is 18.2 Å². The van der Waals surface area contributed by atoms with E-state index in [0.717, 1.165) is 9.87 Å². The van der Waals surface area contributed by atoms with Gasteiger partial charge in [0.25, 0.3) is 0 Å². The first kappa shape index (κ1) is 21.0. The predicted octanol–water partition coefficient (Wildman–Crippen LogP) is 2.29. The van der Waals surface area contributed by atoms with Gasteiger partial charge in [0.1, 0.15) is 16.4 Å². The third-order valence-electron chi connectivity index (χ3n) is 3.85. The molecule has 2 aromatic carbocycles. The standard InChI is InChI=1S/C18H21ClN2O5S/c1-21(27(23,24)17-10-14(19)8-9-16(17)26-3)12-18(22)20-11-13-6-4-5-7-15(13)25-2/h4-10H,11-12H2,1-3H3,(H,20,22). The number of nitrogens with one attached hydrogen (secondary N) is 1. The van der Waals surface area contributed by atoms with Crippen LogP contribution in [-0.2, 0) is 21.4 Å². The Bertz CT molecular complexity index is 918. The summed E-state index contributed by atoms with van der Waals surface area (Å²) in [6.07, 6.45) is 0. The minimum atomic E-state index is -3.96. The molecule has 1 N–H and O–H groups in total. The highest BCUT2D eigenvalue weighted by atomic mass is 35.5. The van der Waals surface area contributed by atoms with Crippen molar-refractivity contribution in [3.8, 4) is 11.5 Å². The van der Waals surface area contributed by atoms with E-state index in [4.69, 9.17) is 21.1 Å². The fourth-order valence-corrected chi connectivity index (χ4v) is 3.95. The number of carbonyl (C=O) groups is 1. The van der Waals surface area contributed by atoms with Crippen molar-refractivity contribution in [1.82, 2.24) is 9.62 Å². The van der Waals surface area contributed by atoms with Crippen molar-refractivity contribution in [1.29, 1.82) is 0 Å². The first-order chi connectivity index (χ1) is 12.8. The molecule has 2 aromatic rings. The molecule has 0 saturated heterocycles. The smallest absolute Gasteiger partial charge is 0.247 e. The topological polar surface area (TPSA) is 84.9 Å². The molecule has 0 aliphatic rings. The van der Waals surface area contributed by atoms with Crippen LogP contribution in [0.2, 0.25) is 5.02 Å². The maximum atomic E-state index is 12.8. The highest BCUT2D eigenvalue weighted by Crippen LogP contribution is 2.29. The van der Waals surface area contributed by atoms with Crippen LogP contribution in [0.5, 0.6) is 11.5 Å². The molecule has 0 aromatic heterocycles. The zero-order valence-electron chi connectivity index (χ0n) is 15.2. The van der Waals surface area contributed by atoms with E-state index in [1.54, 1.807) is 13.2 Å². The first-order valence-electron chi connectivity index (χ1n) is 7.98. The van der Waals surface area contributed by atoms with Crippen LogP contribution in [0, 0.1) is 0 Å². The van der Waals surface area contributed by atoms with Crippen molar-refractivity contribution in [2.24, 2.45) is 0 Å². The van der Waals surface area contributed by atoms with E-state index < -0.39 is 15.9 Å². The third-order valence-corrected chi connectivity index (χ3v) is 5.91. The summed E-state index contributed by atoms with van der Waals surface area (Å²) in [5, 5.41) is 2.94. The van der Waals surface area contributed by atoms with Gasteiger partial charge >= 0.3 is 0 Å². The quantitative estimate of drug-likeness (QED) is 0.719. The molecule has 0 fully saturated rings. The molecule has 0 saturated carbocycles. The zero-order valence-corrected chi connectivity index (χ0v) is 16.8. The minimum absolute atomic E-state index is 0.0995. The lowest BCUT2D eigenvalue weighted by Crippen LogP contribution is -2.38. The highest BCUT2D eigenvalue weighted by molar-refractivity contribution is 7.89. The third kappa shape index (κ3) is 5.12. The van der Waals surface area contributed by atoms with E-state index in [2.05, 4.69) is 5.32 Å². The first-order valence-corrected chi connectivity index (χ1v) is 9.80. The molecule has 2 rings (SSSR count). The van der Waals surface area contributed by atoms with Crippen LogP contribution >= 0.6 is 11.6 Å². The van der Waals surface area contributed by atoms with Gasteiger partial charge in [0.15, 0.2) is 0 Å². The molecule has 0 radical (unpaired) electrons. The molecule has 27 heavy (non-hydrogen) atoms. The van der Waals surface area contributed by atoms with Gasteiger partial charge in [-0.3, -0.25) is 4.79 Å². The number of benzene rings is 2. The summed E-state index contributed by atoms with van der Waals surface area (Å²) < 4.78 is 36.8. The van der Waals surface area contributed by atoms with Crippen LogP contribution in [-0.4, -0.2) is 46.4 Å². The molecule has 7 nitrogen and oxygen atoms in total. The van der Waals surface area contributed by atoms with Crippen LogP contribution in [0.1, 0.15) is 5.56 Å². The normalized spacial score (nSPS) is 11.3. The molecular formula is C18H21ClN2O5S. The number of amides is 1. The Balaban J connectivity index is 2.08. The Morgan fingerprint density at radius 2 is 1.78 bits per heavy atom. The minimum Gasteiger partial charge on any atom is -0.496 e. The molecule has 0 aliphatic heterocycles. The molecule has 0 bridgehead atoms. The molecular weight excluding hydrogens is 392 g/mol. The van der Waals surface area contributed by atoms with Crippen LogP contribution in [0.15, 0.2) is 47.4 Å². The average Bonchev–Trinajstić information content (AvgIpc) is 2.66. The number of para-hydroxylation sites is 1. The number of halogens is 1. The van der Waals surface area contributed by atoms with Crippen LogP contribution in [0.25, 0.3) is 0 Å². The summed E-state index contributed by atoms with van der Waals surface area (Å²) >= 11 is 5.91. The number of rotatable bonds is 8. The monoisotopic (exact) mass is 412 g/mol. The Kier molecular flexibility index (Phi) is 7.06. The lowest BCUT2D eigenvalue weighted by molar-refractivity contribution is -0.121. The molecule has 146 valence electrons. The van der Waals surface area contributed by atoms with E-state index in [-0.39, 0.29) is 28.8 Å². The van der Waals surface area contributed by atoms with Crippen molar-refractivity contribution in [3.63, 3.8) is 0 Å². The van der Waals surface area contributed by atoms with Crippen molar-refractivity contribution >= 4 is 27.5 Å². The number of hydrogen-bond donors (Lipinski definition) is 1. The van der Waals surface area contributed by atoms with E-state index in [1.165, 1.54) is 32.4 Å². The molecule has 0 atom stereocenters. The summed E-state index contributed by atoms with van der Waals surface area (Å²) in [4.78, 5) is 12.1. The lowest BCUT2D eigenvalue weighted by Gasteiger charge is -2.19. The maximum Gasteiger partial charge on any atom is 0.247 e. The number of hydrogen-bond acceptors (Lipinski definition) is 5. The predicted molar refractivity (Wildman–Crippen MR) is 103 cm³/mol. The second kappa shape index (κ2) is 9.07. The number of sulfonamides is 1. The van der Waals surface area contributed by atoms with Crippen LogP contribution < -0.4 is 14.8 Å². The number of likely N-dealkylation sites (N-methyl/N-ethyl adjacent to an activating group) is 1. The molecule has 0 heterocycles. The van der Waals surface area contributed by atoms with Crippen molar-refractivity contribution < 1.29 is 22.7 Å². The van der Waals surface area contributed by atoms with Gasteiger partial charge in [-0.1, -0.05) is 29.8 Å². The molecule has 0 unspecified atom stereocenters. The molecule has 1 amide bonds. The Hall–Kier alpha value is -2.29. The lowest BCUT2D eigenvalue weighted by atomic mass is 10.2. The van der Waals surface area contributed by atoms with Crippen molar-refractivity contribution in [2.75, 3.05) is 27.8 Å². The molecule has 0 spiro atoms. The molecule has 0 aliphatic carbocycles. The molecule has 9 heteroatoms. The average molecular weight is 413 g/mol. The Morgan fingerprint density at radius 3 is 2.44 bits per heavy atom. The van der Waals surface area contributed by atoms with E-state index in [0.29, 0.717) is 5.75 Å². The van der Waals surface area contributed by atoms with Gasteiger partial charge in [-0.15, -0.1) is 0 Å². The van der Waals surface area contributed by atoms with Crippen LogP contribution in [0.4, 0.5) is 0 Å².